The zero-order valence-corrected chi connectivity index (χ0v) is 13.5. The third kappa shape index (κ3) is 2.09. The van der Waals surface area contributed by atoms with Crippen molar-refractivity contribution >= 4 is 35.1 Å². The lowest BCUT2D eigenvalue weighted by Crippen LogP contribution is -2.65. The third-order valence-electron chi connectivity index (χ3n) is 4.59. The maximum absolute atomic E-state index is 7.74. The molecule has 0 fully saturated rings. The van der Waals surface area contributed by atoms with Crippen molar-refractivity contribution in [1.82, 2.24) is 4.81 Å². The molecular formula is C19H20BN2O+. The fourth-order valence-corrected chi connectivity index (χ4v) is 3.31. The minimum atomic E-state index is -2.12. The lowest BCUT2D eigenvalue weighted by Gasteiger charge is -2.24. The molecule has 3 heterocycles. The van der Waals surface area contributed by atoms with Crippen molar-refractivity contribution < 1.29 is 13.1 Å². The van der Waals surface area contributed by atoms with Crippen molar-refractivity contribution in [3.63, 3.8) is 0 Å². The molecule has 0 amide bonds. The van der Waals surface area contributed by atoms with E-state index in [4.69, 9.17) is 8.53 Å². The highest BCUT2D eigenvalue weighted by molar-refractivity contribution is 6.82. The molecule has 0 radical (unpaired) electrons. The van der Waals surface area contributed by atoms with E-state index in [1.54, 1.807) is 6.20 Å². The smallest absolute Gasteiger partial charge is 0.443 e. The summed E-state index contributed by atoms with van der Waals surface area (Å²) in [5, 5.41) is 1.09. The number of para-hydroxylation sites is 1. The van der Waals surface area contributed by atoms with E-state index >= 15 is 0 Å². The maximum Gasteiger partial charge on any atom is 0.443 e. The summed E-state index contributed by atoms with van der Waals surface area (Å²) in [5.74, 6) is 0. The molecule has 3 aromatic rings. The second-order valence-electron chi connectivity index (χ2n) is 6.17. The van der Waals surface area contributed by atoms with Crippen molar-refractivity contribution in [2.45, 2.75) is 13.8 Å². The van der Waals surface area contributed by atoms with E-state index < -0.39 is 6.85 Å². The van der Waals surface area contributed by atoms with Gasteiger partial charge in [0.2, 0.25) is 0 Å². The van der Waals surface area contributed by atoms with Gasteiger partial charge in [-0.25, -0.2) is 4.57 Å². The Morgan fingerprint density at radius 1 is 1.26 bits per heavy atom. The number of benzene rings is 1. The molecule has 3 nitrogen and oxygen atoms in total. The summed E-state index contributed by atoms with van der Waals surface area (Å²) >= 11 is 0. The van der Waals surface area contributed by atoms with Gasteiger partial charge in [-0.05, 0) is 44.7 Å². The molecule has 0 saturated heterocycles. The molecule has 114 valence electrons. The molecule has 1 aliphatic heterocycles. The fourth-order valence-electron chi connectivity index (χ4n) is 3.31. The van der Waals surface area contributed by atoms with Crippen molar-refractivity contribution in [2.75, 3.05) is 7.05 Å². The summed E-state index contributed by atoms with van der Waals surface area (Å²) < 4.78 is 31.3. The Morgan fingerprint density at radius 2 is 2.09 bits per heavy atom. The van der Waals surface area contributed by atoms with Gasteiger partial charge < -0.3 is 9.23 Å². The minimum Gasteiger partial charge on any atom is -0.467 e. The molecule has 1 aromatic carbocycles. The highest BCUT2D eigenvalue weighted by Gasteiger charge is 2.39. The van der Waals surface area contributed by atoms with Gasteiger partial charge >= 0.3 is 6.85 Å². The fraction of sp³-hybridized carbons (Fsp3) is 0.211. The predicted octanol–water partition coefficient (Wildman–Crippen LogP) is 1.90. The Bertz CT molecular complexity index is 1040. The molecule has 4 heteroatoms. The first-order valence-corrected chi connectivity index (χ1v) is 7.69. The van der Waals surface area contributed by atoms with Gasteiger partial charge in [0.1, 0.15) is 18.3 Å². The second kappa shape index (κ2) is 5.02. The maximum atomic E-state index is 7.74. The first-order valence-electron chi connectivity index (χ1n) is 9.19. The predicted molar refractivity (Wildman–Crippen MR) is 95.1 cm³/mol. The lowest BCUT2D eigenvalue weighted by molar-refractivity contribution is -0.654. The van der Waals surface area contributed by atoms with Crippen molar-refractivity contribution in [3.05, 3.63) is 59.4 Å². The highest BCUT2D eigenvalue weighted by atomic mass is 16.3. The molecule has 1 aliphatic rings. The normalized spacial score (nSPS) is 16.2. The molecule has 0 bridgehead atoms. The molecule has 0 aliphatic carbocycles. The molecule has 4 rings (SSSR count). The van der Waals surface area contributed by atoms with Gasteiger partial charge in [0.25, 0.3) is 0 Å². The van der Waals surface area contributed by atoms with Gasteiger partial charge in [-0.15, -0.1) is 0 Å². The van der Waals surface area contributed by atoms with Gasteiger partial charge in [0.05, 0.1) is 0 Å². The average molecular weight is 306 g/mol. The number of hydrogen-bond donors (Lipinski definition) is 0. The van der Waals surface area contributed by atoms with E-state index in [-0.39, 0.29) is 6.85 Å². The molecule has 0 N–H and O–H groups in total. The van der Waals surface area contributed by atoms with E-state index in [0.717, 1.165) is 33.3 Å². The van der Waals surface area contributed by atoms with Crippen LogP contribution in [0.5, 0.6) is 0 Å². The van der Waals surface area contributed by atoms with E-state index in [0.29, 0.717) is 5.56 Å². The molecule has 0 spiro atoms. The van der Waals surface area contributed by atoms with Crippen LogP contribution in [-0.4, -0.2) is 18.7 Å². The summed E-state index contributed by atoms with van der Waals surface area (Å²) in [4.78, 5) is 2.09. The number of pyridine rings is 1. The van der Waals surface area contributed by atoms with Crippen LogP contribution in [0.4, 0.5) is 0 Å². The Kier molecular flexibility index (Phi) is 2.42. The van der Waals surface area contributed by atoms with Crippen LogP contribution in [0.25, 0.3) is 17.0 Å². The van der Waals surface area contributed by atoms with E-state index in [9.17, 15) is 0 Å². The number of furan rings is 1. The van der Waals surface area contributed by atoms with Gasteiger partial charge in [0, 0.05) is 26.7 Å². The summed E-state index contributed by atoms with van der Waals surface area (Å²) in [7, 11) is 3.89. The van der Waals surface area contributed by atoms with Gasteiger partial charge in [-0.2, -0.15) is 0 Å². The molecule has 2 aromatic heterocycles. The lowest BCUT2D eigenvalue weighted by atomic mass is 9.52. The number of hydrogen-bond acceptors (Lipinski definition) is 2. The molecule has 0 atom stereocenters. The number of nitrogens with zero attached hydrogens (tertiary/aromatic N) is 2. The Labute approximate surface area is 141 Å². The summed E-state index contributed by atoms with van der Waals surface area (Å²) in [6.45, 7) is -0.385. The molecular weight excluding hydrogens is 283 g/mol. The minimum absolute atomic E-state index is 0.114. The summed E-state index contributed by atoms with van der Waals surface area (Å²) in [6, 6.07) is 9.97. The Balaban J connectivity index is 1.92. The summed E-state index contributed by atoms with van der Waals surface area (Å²) in [6.07, 6.45) is 5.83. The van der Waals surface area contributed by atoms with Crippen LogP contribution in [0.1, 0.15) is 20.8 Å². The van der Waals surface area contributed by atoms with Crippen LogP contribution in [0.3, 0.4) is 0 Å². The monoisotopic (exact) mass is 306 g/mol. The number of aryl methyl sites for hydroxylation is 3. The standard InChI is InChI=1S/C19H20BN2O/c1-13-11-18(21(3)12-14(13)2)20-19-16(9-10-22(20)4)15-7-5-6-8-17(15)23-19/h5-12H,1-4H3/q+1/i2D3. The van der Waals surface area contributed by atoms with Gasteiger partial charge in [0.15, 0.2) is 11.8 Å². The first-order chi connectivity index (χ1) is 12.3. The summed E-state index contributed by atoms with van der Waals surface area (Å²) in [5.41, 5.74) is 4.96. The third-order valence-corrected chi connectivity index (χ3v) is 4.59. The second-order valence-corrected chi connectivity index (χ2v) is 6.17. The zero-order chi connectivity index (χ0) is 18.6. The first kappa shape index (κ1) is 11.1. The topological polar surface area (TPSA) is 20.3 Å². The Morgan fingerprint density at radius 3 is 2.91 bits per heavy atom. The van der Waals surface area contributed by atoms with Crippen LogP contribution in [0, 0.1) is 13.8 Å². The van der Waals surface area contributed by atoms with Crippen molar-refractivity contribution in [3.8, 4) is 0 Å². The van der Waals surface area contributed by atoms with Crippen LogP contribution in [-0.2, 0) is 7.05 Å². The SMILES string of the molecule is [2H]C([2H])([2H])c1c[n+](C)c(B2c3oc4ccccc4c3C=CN2C)cc1C. The number of fused-ring (bicyclic) bond motifs is 3. The van der Waals surface area contributed by atoms with Crippen molar-refractivity contribution in [2.24, 2.45) is 7.05 Å². The molecule has 0 unspecified atom stereocenters. The van der Waals surface area contributed by atoms with Crippen molar-refractivity contribution in [1.29, 1.82) is 0 Å². The molecule has 0 saturated carbocycles. The van der Waals surface area contributed by atoms with Gasteiger partial charge in [-0.1, -0.05) is 18.2 Å². The quantitative estimate of drug-likeness (QED) is 0.505. The number of aromatic nitrogens is 1. The Hall–Kier alpha value is -2.49. The molecule has 23 heavy (non-hydrogen) atoms. The average Bonchev–Trinajstić information content (AvgIpc) is 2.94. The van der Waals surface area contributed by atoms with E-state index in [1.165, 1.54) is 0 Å². The number of rotatable bonds is 1. The van der Waals surface area contributed by atoms with Crippen LogP contribution < -0.4 is 15.8 Å². The van der Waals surface area contributed by atoms with Crippen LogP contribution >= 0.6 is 0 Å². The highest BCUT2D eigenvalue weighted by Crippen LogP contribution is 2.24. The van der Waals surface area contributed by atoms with Gasteiger partial charge in [-0.3, -0.25) is 0 Å². The van der Waals surface area contributed by atoms with Crippen LogP contribution in [0.2, 0.25) is 0 Å². The van der Waals surface area contributed by atoms with E-state index in [2.05, 4.69) is 17.0 Å². The zero-order valence-electron chi connectivity index (χ0n) is 16.5. The van der Waals surface area contributed by atoms with Crippen LogP contribution in [0.15, 0.2) is 47.1 Å². The van der Waals surface area contributed by atoms with E-state index in [1.807, 2.05) is 56.1 Å². The largest absolute Gasteiger partial charge is 0.467 e.